The molecule has 1 aliphatic heterocycles. The van der Waals surface area contributed by atoms with Crippen LogP contribution in [0.4, 0.5) is 0 Å². The number of nitrogens with one attached hydrogen (secondary N) is 2. The van der Waals surface area contributed by atoms with Crippen molar-refractivity contribution in [1.82, 2.24) is 15.5 Å². The van der Waals surface area contributed by atoms with E-state index >= 15 is 0 Å². The lowest BCUT2D eigenvalue weighted by Crippen LogP contribution is -2.54. The highest BCUT2D eigenvalue weighted by Crippen LogP contribution is 2.35. The zero-order valence-corrected chi connectivity index (χ0v) is 29.7. The molecule has 0 aromatic carbocycles. The Labute approximate surface area is 272 Å². The lowest BCUT2D eigenvalue weighted by molar-refractivity contribution is -0.138. The molecule has 3 amide bonds. The Balaban J connectivity index is 2.03. The van der Waals surface area contributed by atoms with Crippen molar-refractivity contribution in [1.29, 1.82) is 0 Å². The van der Waals surface area contributed by atoms with Crippen molar-refractivity contribution in [3.63, 3.8) is 0 Å². The minimum atomic E-state index is -0.448. The Morgan fingerprint density at radius 3 is 1.75 bits per heavy atom. The molecular weight excluding hydrogens is 548 g/mol. The second-order valence-corrected chi connectivity index (χ2v) is 14.8. The molecule has 7 heteroatoms. The molecular formula is C37H72N4O3. The van der Waals surface area contributed by atoms with E-state index in [-0.39, 0.29) is 23.1 Å². The van der Waals surface area contributed by atoms with Crippen LogP contribution in [-0.4, -0.2) is 54.8 Å². The molecule has 1 rings (SSSR count). The lowest BCUT2D eigenvalue weighted by Gasteiger charge is -2.33. The Bertz CT molecular complexity index is 775. The molecule has 1 heterocycles. The largest absolute Gasteiger partial charge is 0.356 e. The van der Waals surface area contributed by atoms with Gasteiger partial charge in [0.2, 0.25) is 17.7 Å². The fourth-order valence-electron chi connectivity index (χ4n) is 6.71. The summed E-state index contributed by atoms with van der Waals surface area (Å²) in [5, 5.41) is 6.15. The fourth-order valence-corrected chi connectivity index (χ4v) is 6.71. The Hall–Kier alpha value is -1.63. The van der Waals surface area contributed by atoms with Gasteiger partial charge in [0.1, 0.15) is 6.04 Å². The average molecular weight is 621 g/mol. The van der Waals surface area contributed by atoms with Gasteiger partial charge in [0.05, 0.1) is 0 Å². The molecule has 258 valence electrons. The van der Waals surface area contributed by atoms with Crippen LogP contribution in [0.25, 0.3) is 0 Å². The van der Waals surface area contributed by atoms with E-state index in [4.69, 9.17) is 5.73 Å². The quantitative estimate of drug-likeness (QED) is 0.0851. The van der Waals surface area contributed by atoms with Crippen molar-refractivity contribution in [3.05, 3.63) is 0 Å². The van der Waals surface area contributed by atoms with Crippen LogP contribution in [0.1, 0.15) is 176 Å². The third kappa shape index (κ3) is 17.8. The van der Waals surface area contributed by atoms with Crippen molar-refractivity contribution in [2.75, 3.05) is 26.2 Å². The summed E-state index contributed by atoms with van der Waals surface area (Å²) < 4.78 is 0. The van der Waals surface area contributed by atoms with Gasteiger partial charge in [-0.15, -0.1) is 0 Å². The molecule has 1 fully saturated rings. The predicted molar refractivity (Wildman–Crippen MR) is 185 cm³/mol. The predicted octanol–water partition coefficient (Wildman–Crippen LogP) is 8.04. The first-order valence-electron chi connectivity index (χ1n) is 18.6. The summed E-state index contributed by atoms with van der Waals surface area (Å²) in [7, 11) is 0. The van der Waals surface area contributed by atoms with Crippen molar-refractivity contribution in [2.45, 2.75) is 182 Å². The third-order valence-electron chi connectivity index (χ3n) is 9.62. The van der Waals surface area contributed by atoms with Gasteiger partial charge < -0.3 is 21.3 Å². The number of rotatable bonds is 26. The fraction of sp³-hybridized carbons (Fsp3) is 0.919. The summed E-state index contributed by atoms with van der Waals surface area (Å²) in [6, 6.07) is -0.448. The minimum Gasteiger partial charge on any atom is -0.356 e. The summed E-state index contributed by atoms with van der Waals surface area (Å²) in [5.41, 5.74) is 6.25. The smallest absolute Gasteiger partial charge is 0.245 e. The molecule has 1 aliphatic rings. The van der Waals surface area contributed by atoms with Crippen LogP contribution in [0.15, 0.2) is 0 Å². The van der Waals surface area contributed by atoms with Gasteiger partial charge in [0.15, 0.2) is 0 Å². The van der Waals surface area contributed by atoms with Gasteiger partial charge in [-0.2, -0.15) is 0 Å². The molecule has 2 atom stereocenters. The first kappa shape index (κ1) is 40.4. The Morgan fingerprint density at radius 1 is 0.682 bits per heavy atom. The molecule has 44 heavy (non-hydrogen) atoms. The molecule has 0 aromatic rings. The maximum atomic E-state index is 12.9. The first-order valence-corrected chi connectivity index (χ1v) is 18.6. The highest BCUT2D eigenvalue weighted by molar-refractivity contribution is 5.88. The number of nitrogens with two attached hydrogens (primary N) is 1. The van der Waals surface area contributed by atoms with Crippen molar-refractivity contribution in [2.24, 2.45) is 16.6 Å². The van der Waals surface area contributed by atoms with Crippen LogP contribution >= 0.6 is 0 Å². The second-order valence-electron chi connectivity index (χ2n) is 14.8. The van der Waals surface area contributed by atoms with Gasteiger partial charge in [0, 0.05) is 32.5 Å². The highest BCUT2D eigenvalue weighted by Gasteiger charge is 2.36. The van der Waals surface area contributed by atoms with E-state index in [2.05, 4.69) is 24.5 Å². The number of hydrogen-bond donors (Lipinski definition) is 3. The van der Waals surface area contributed by atoms with Gasteiger partial charge in [-0.1, -0.05) is 112 Å². The van der Waals surface area contributed by atoms with Crippen LogP contribution in [-0.2, 0) is 14.4 Å². The minimum absolute atomic E-state index is 0.00192. The molecule has 0 saturated carbocycles. The summed E-state index contributed by atoms with van der Waals surface area (Å²) in [6.07, 6.45) is 24.1. The van der Waals surface area contributed by atoms with Crippen molar-refractivity contribution >= 4 is 17.7 Å². The Kier molecular flexibility index (Phi) is 21.7. The summed E-state index contributed by atoms with van der Waals surface area (Å²) in [5.74, 6) is 0.270. The van der Waals surface area contributed by atoms with Crippen LogP contribution in [0.5, 0.6) is 0 Å². The molecule has 1 unspecified atom stereocenters. The molecule has 0 aliphatic carbocycles. The van der Waals surface area contributed by atoms with Gasteiger partial charge in [-0.3, -0.25) is 14.4 Å². The second kappa shape index (κ2) is 23.7. The monoisotopic (exact) mass is 621 g/mol. The Morgan fingerprint density at radius 2 is 1.20 bits per heavy atom. The van der Waals surface area contributed by atoms with Gasteiger partial charge in [-0.25, -0.2) is 0 Å². The standard InChI is InChI=1S/C37H72N4O3/c1-6-8-18-26-37(31-38,25-7-2)27-19-15-17-23-32(42)39-28-20-14-12-10-9-11-13-16-24-33(43)40-34(36(3,4)5)35(44)41-29-21-22-30-41/h34H,6-31,38H2,1-5H3,(H,39,42)(H,40,43)/t34-,37?/m1/s1. The number of carbonyl (C=O) groups is 3. The van der Waals surface area contributed by atoms with Crippen molar-refractivity contribution < 1.29 is 14.4 Å². The van der Waals surface area contributed by atoms with E-state index in [0.29, 0.717) is 18.3 Å². The van der Waals surface area contributed by atoms with Gasteiger partial charge in [0.25, 0.3) is 0 Å². The number of likely N-dealkylation sites (tertiary alicyclic amines) is 1. The summed E-state index contributed by atoms with van der Waals surface area (Å²) >= 11 is 0. The SMILES string of the molecule is CCCCCC(CN)(CCC)CCCCCC(=O)NCCCCCCCCCCC(=O)N[C@H](C(=O)N1CCCC1)C(C)(C)C. The van der Waals surface area contributed by atoms with Crippen LogP contribution < -0.4 is 16.4 Å². The number of hydrogen-bond acceptors (Lipinski definition) is 4. The third-order valence-corrected chi connectivity index (χ3v) is 9.62. The lowest BCUT2D eigenvalue weighted by atomic mass is 9.74. The van der Waals surface area contributed by atoms with Crippen LogP contribution in [0.3, 0.4) is 0 Å². The van der Waals surface area contributed by atoms with E-state index in [1.165, 1.54) is 70.6 Å². The topological polar surface area (TPSA) is 105 Å². The maximum Gasteiger partial charge on any atom is 0.245 e. The van der Waals surface area contributed by atoms with Crippen LogP contribution in [0, 0.1) is 10.8 Å². The molecule has 0 radical (unpaired) electrons. The van der Waals surface area contributed by atoms with E-state index in [9.17, 15) is 14.4 Å². The summed E-state index contributed by atoms with van der Waals surface area (Å²) in [6.45, 7) is 13.8. The van der Waals surface area contributed by atoms with Gasteiger partial charge >= 0.3 is 0 Å². The highest BCUT2D eigenvalue weighted by atomic mass is 16.2. The number of amides is 3. The zero-order valence-electron chi connectivity index (χ0n) is 29.7. The van der Waals surface area contributed by atoms with E-state index < -0.39 is 6.04 Å². The maximum absolute atomic E-state index is 12.9. The molecule has 4 N–H and O–H groups in total. The average Bonchev–Trinajstić information content (AvgIpc) is 3.53. The first-order chi connectivity index (χ1) is 21.1. The zero-order chi connectivity index (χ0) is 32.7. The molecule has 7 nitrogen and oxygen atoms in total. The van der Waals surface area contributed by atoms with E-state index in [0.717, 1.165) is 84.0 Å². The molecule has 1 saturated heterocycles. The molecule has 0 spiro atoms. The number of unbranched alkanes of at least 4 members (excludes halogenated alkanes) is 11. The van der Waals surface area contributed by atoms with Crippen LogP contribution in [0.2, 0.25) is 0 Å². The van der Waals surface area contributed by atoms with E-state index in [1.807, 2.05) is 25.7 Å². The molecule has 0 bridgehead atoms. The van der Waals surface area contributed by atoms with Gasteiger partial charge in [-0.05, 0) is 68.7 Å². The van der Waals surface area contributed by atoms with E-state index in [1.54, 1.807) is 0 Å². The number of nitrogens with zero attached hydrogens (tertiary/aromatic N) is 1. The number of carbonyl (C=O) groups excluding carboxylic acids is 3. The molecule has 0 aromatic heterocycles. The normalized spacial score (nSPS) is 15.6. The summed E-state index contributed by atoms with van der Waals surface area (Å²) in [4.78, 5) is 39.7. The van der Waals surface area contributed by atoms with Crippen molar-refractivity contribution in [3.8, 4) is 0 Å².